The average Bonchev–Trinajstić information content (AvgIpc) is 3.25. The first-order valence-corrected chi connectivity index (χ1v) is 25.0. The van der Waals surface area contributed by atoms with Gasteiger partial charge in [0, 0.05) is 50.4 Å². The van der Waals surface area contributed by atoms with E-state index in [9.17, 15) is 38.8 Å². The Morgan fingerprint density at radius 2 is 1.15 bits per heavy atom. The van der Waals surface area contributed by atoms with Gasteiger partial charge in [-0.25, -0.2) is 25.6 Å². The molecule has 0 saturated carbocycles. The van der Waals surface area contributed by atoms with Crippen LogP contribution in [0.25, 0.3) is 27.4 Å². The highest BCUT2D eigenvalue weighted by Crippen LogP contribution is 2.39. The summed E-state index contributed by atoms with van der Waals surface area (Å²) in [5.74, 6) is 1.99. The molecular weight excluding hydrogens is 894 g/mol. The minimum Gasteiger partial charge on any atom is -0.456 e. The molecule has 2 heterocycles. The summed E-state index contributed by atoms with van der Waals surface area (Å²) in [4.78, 5) is 0. The predicted molar refractivity (Wildman–Crippen MR) is 251 cm³/mol. The molecule has 2 aliphatic heterocycles. The summed E-state index contributed by atoms with van der Waals surface area (Å²) in [6, 6.07) is 37.7. The van der Waals surface area contributed by atoms with Gasteiger partial charge in [0.2, 0.25) is 0 Å². The maximum absolute atomic E-state index is 14.7. The van der Waals surface area contributed by atoms with Crippen LogP contribution in [0.3, 0.4) is 0 Å². The Morgan fingerprint density at radius 1 is 0.576 bits per heavy atom. The van der Waals surface area contributed by atoms with E-state index < -0.39 is 32.6 Å². The Bertz CT molecular complexity index is 3180. The molecule has 0 radical (unpaired) electrons. The summed E-state index contributed by atoms with van der Waals surface area (Å²) in [5, 5.41) is 2.55. The van der Waals surface area contributed by atoms with E-state index in [1.165, 1.54) is 23.8 Å². The lowest BCUT2D eigenvalue weighted by Crippen LogP contribution is -2.22. The van der Waals surface area contributed by atoms with Crippen LogP contribution in [0.5, 0.6) is 23.0 Å². The molecule has 0 aromatic heterocycles. The van der Waals surface area contributed by atoms with E-state index in [4.69, 9.17) is 9.47 Å². The fourth-order valence-corrected chi connectivity index (χ4v) is 9.63. The van der Waals surface area contributed by atoms with Crippen LogP contribution in [0.2, 0.25) is 0 Å². The van der Waals surface area contributed by atoms with Gasteiger partial charge in [0.15, 0.2) is 0 Å². The molecule has 8 rings (SSSR count). The summed E-state index contributed by atoms with van der Waals surface area (Å²) in [6.45, 7) is 6.11. The molecule has 0 bridgehead atoms. The topological polar surface area (TPSA) is 101 Å². The Balaban J connectivity index is 0.000000185. The van der Waals surface area contributed by atoms with Crippen LogP contribution in [0, 0.1) is 11.6 Å². The fraction of sp³-hybridized carbons (Fsp3) is 0.231. The van der Waals surface area contributed by atoms with E-state index in [-0.39, 0.29) is 11.6 Å². The molecule has 7 nitrogen and oxygen atoms in total. The number of benzene rings is 6. The second kappa shape index (κ2) is 21.0. The number of rotatable bonds is 10. The van der Waals surface area contributed by atoms with Crippen molar-refractivity contribution in [1.82, 2.24) is 0 Å². The van der Waals surface area contributed by atoms with Gasteiger partial charge >= 0.3 is 6.18 Å². The molecule has 0 saturated heterocycles. The first-order valence-electron chi connectivity index (χ1n) is 21.3. The SMILES string of the molecule is CC/C=c1/cc2c(cc1F)=C(c1ccccc1)c1cc(F)c(CCC)cc1O2.CCCc1ccc2c(c1)Oc1c/c(=C/CC(F)(F)F)ccc1=C2c1ccccc1.CS(=O)(=O)[N-]S(C)(=O)=O. The molecule has 14 heteroatoms. The maximum Gasteiger partial charge on any atom is 0.392 e. The van der Waals surface area contributed by atoms with Gasteiger partial charge in [-0.15, -0.1) is 0 Å². The van der Waals surface area contributed by atoms with Crippen molar-refractivity contribution in [3.05, 3.63) is 191 Å². The highest BCUT2D eigenvalue weighted by atomic mass is 32.3. The maximum atomic E-state index is 14.7. The van der Waals surface area contributed by atoms with Gasteiger partial charge in [0.25, 0.3) is 0 Å². The van der Waals surface area contributed by atoms with E-state index >= 15 is 0 Å². The third kappa shape index (κ3) is 12.8. The molecule has 0 unspecified atom stereocenters. The van der Waals surface area contributed by atoms with Crippen LogP contribution in [0.1, 0.15) is 79.8 Å². The van der Waals surface area contributed by atoms with Crippen LogP contribution in [-0.2, 0) is 32.9 Å². The minimum atomic E-state index is -4.22. The van der Waals surface area contributed by atoms with Crippen molar-refractivity contribution in [3.63, 3.8) is 0 Å². The summed E-state index contributed by atoms with van der Waals surface area (Å²) in [6.07, 6.45) is 3.48. The molecule has 0 atom stereocenters. The van der Waals surface area contributed by atoms with E-state index in [0.29, 0.717) is 63.0 Å². The standard InChI is InChI=1S/C25H21F3O.C25H22F2O.C2H6NO4S2/c1-2-6-17-9-11-20-22(15-17)29-23-16-18(13-14-25(26,27)28)10-12-21(23)24(20)19-7-4-3-5-8-19;1-3-8-17-12-23-19(14-21(17)26)25(16-10-6-5-7-11-16)20-15-22(27)18(9-4-2)13-24(20)28-23;1-8(4,5)3-9(2,6)7/h3-5,7-13,15-16H,2,6,14H2,1H3;5-8,10-15H,3-4,9H2,1-2H3;1-2H3/q;;-1/b18-13+;17-8-;. The van der Waals surface area contributed by atoms with Crippen LogP contribution in [0.15, 0.2) is 121 Å². The second-order valence-corrected chi connectivity index (χ2v) is 19.3. The van der Waals surface area contributed by atoms with Crippen LogP contribution < -0.4 is 30.3 Å². The first-order chi connectivity index (χ1) is 31.3. The van der Waals surface area contributed by atoms with Crippen molar-refractivity contribution >= 4 is 43.3 Å². The van der Waals surface area contributed by atoms with Gasteiger partial charge < -0.3 is 13.6 Å². The first kappa shape index (κ1) is 49.3. The zero-order valence-corrected chi connectivity index (χ0v) is 38.7. The van der Waals surface area contributed by atoms with Gasteiger partial charge in [0.1, 0.15) is 34.6 Å². The van der Waals surface area contributed by atoms with Crippen molar-refractivity contribution in [2.24, 2.45) is 0 Å². The number of halogens is 5. The Labute approximate surface area is 382 Å². The number of hydrogen-bond acceptors (Lipinski definition) is 6. The summed E-state index contributed by atoms with van der Waals surface area (Å²) >= 11 is 0. The summed E-state index contributed by atoms with van der Waals surface area (Å²) < 4.78 is 122. The lowest BCUT2D eigenvalue weighted by Gasteiger charge is -2.22. The molecule has 0 aliphatic carbocycles. The van der Waals surface area contributed by atoms with Crippen molar-refractivity contribution in [2.75, 3.05) is 12.5 Å². The van der Waals surface area contributed by atoms with Crippen LogP contribution in [0.4, 0.5) is 22.0 Å². The van der Waals surface area contributed by atoms with Crippen LogP contribution >= 0.6 is 0 Å². The molecule has 2 aliphatic rings. The largest absolute Gasteiger partial charge is 0.456 e. The van der Waals surface area contributed by atoms with E-state index in [2.05, 4.69) is 23.2 Å². The normalized spacial score (nSPS) is 13.4. The van der Waals surface area contributed by atoms with Crippen LogP contribution in [-0.4, -0.2) is 35.5 Å². The number of nitrogens with zero attached hydrogens (tertiary/aromatic N) is 1. The molecule has 6 aromatic rings. The lowest BCUT2D eigenvalue weighted by molar-refractivity contribution is -0.122. The minimum absolute atomic E-state index is 0.252. The smallest absolute Gasteiger partial charge is 0.392 e. The highest BCUT2D eigenvalue weighted by Gasteiger charge is 2.26. The molecular formula is C52H49F5NO6S2-. The monoisotopic (exact) mass is 942 g/mol. The Morgan fingerprint density at radius 3 is 1.70 bits per heavy atom. The summed E-state index contributed by atoms with van der Waals surface area (Å²) in [5.41, 5.74) is 7.25. The molecule has 0 spiro atoms. The molecule has 6 aromatic carbocycles. The van der Waals surface area contributed by atoms with Crippen molar-refractivity contribution in [1.29, 1.82) is 0 Å². The van der Waals surface area contributed by atoms with Crippen molar-refractivity contribution in [2.45, 2.75) is 65.5 Å². The number of alkyl halides is 3. The zero-order valence-electron chi connectivity index (χ0n) is 37.0. The zero-order chi connectivity index (χ0) is 47.8. The number of hydrogen-bond donors (Lipinski definition) is 0. The number of aryl methyl sites for hydroxylation is 2. The average molecular weight is 943 g/mol. The van der Waals surface area contributed by atoms with E-state index in [0.717, 1.165) is 64.5 Å². The number of fused-ring (bicyclic) bond motifs is 4. The molecule has 0 N–H and O–H groups in total. The van der Waals surface area contributed by atoms with Gasteiger partial charge in [-0.3, -0.25) is 0 Å². The van der Waals surface area contributed by atoms with Crippen molar-refractivity contribution in [3.8, 4) is 23.0 Å². The molecule has 346 valence electrons. The third-order valence-electron chi connectivity index (χ3n) is 10.3. The molecule has 66 heavy (non-hydrogen) atoms. The van der Waals surface area contributed by atoms with Gasteiger partial charge in [-0.2, -0.15) is 13.2 Å². The number of sulfonamides is 2. The predicted octanol–water partition coefficient (Wildman–Crippen LogP) is 10.5. The molecule has 0 fully saturated rings. The Hall–Kier alpha value is -6.09. The second-order valence-electron chi connectivity index (χ2n) is 15.8. The van der Waals surface area contributed by atoms with Gasteiger partial charge in [-0.1, -0.05) is 125 Å². The fourth-order valence-electron chi connectivity index (χ4n) is 7.66. The van der Waals surface area contributed by atoms with E-state index in [1.807, 2.05) is 92.7 Å². The molecule has 0 amide bonds. The highest BCUT2D eigenvalue weighted by molar-refractivity contribution is 8.11. The lowest BCUT2D eigenvalue weighted by atomic mass is 9.91. The van der Waals surface area contributed by atoms with E-state index in [1.54, 1.807) is 24.3 Å². The quantitative estimate of drug-likeness (QED) is 0.127. The number of ether oxygens (including phenoxy) is 2. The third-order valence-corrected chi connectivity index (χ3v) is 12.4. The van der Waals surface area contributed by atoms with Gasteiger partial charge in [-0.05, 0) is 89.2 Å². The van der Waals surface area contributed by atoms with Crippen molar-refractivity contribution < 1.29 is 48.3 Å². The summed E-state index contributed by atoms with van der Waals surface area (Å²) in [7, 11) is -7.49. The Kier molecular flexibility index (Phi) is 15.7. The van der Waals surface area contributed by atoms with Gasteiger partial charge in [0.05, 0.1) is 26.5 Å².